The number of nitrogens with zero attached hydrogens (tertiary/aromatic N) is 3. The Morgan fingerprint density at radius 1 is 1.22 bits per heavy atom. The first-order chi connectivity index (χ1) is 13.1. The van der Waals surface area contributed by atoms with Gasteiger partial charge in [-0.15, -0.1) is 0 Å². The number of guanidine groups is 1. The number of amides is 1. The van der Waals surface area contributed by atoms with Crippen molar-refractivity contribution in [3.05, 3.63) is 0 Å². The second-order valence-electron chi connectivity index (χ2n) is 7.97. The maximum atomic E-state index is 11.2. The molecule has 0 aromatic heterocycles. The third kappa shape index (κ3) is 8.05. The number of carbonyl (C=O) groups excluding carboxylic acids is 1. The summed E-state index contributed by atoms with van der Waals surface area (Å²) in [5, 5.41) is 3.49. The van der Waals surface area contributed by atoms with Crippen molar-refractivity contribution in [3.63, 3.8) is 0 Å². The highest BCUT2D eigenvalue weighted by molar-refractivity contribution is 5.79. The smallest absolute Gasteiger partial charge is 0.220 e. The molecule has 2 heterocycles. The highest BCUT2D eigenvalue weighted by atomic mass is 16.5. The van der Waals surface area contributed by atoms with Gasteiger partial charge in [-0.1, -0.05) is 0 Å². The number of likely N-dealkylation sites (tertiary alicyclic amines) is 1. The van der Waals surface area contributed by atoms with Crippen LogP contribution in [0.2, 0.25) is 0 Å². The van der Waals surface area contributed by atoms with Crippen molar-refractivity contribution in [1.29, 1.82) is 0 Å². The second kappa shape index (κ2) is 12.2. The van der Waals surface area contributed by atoms with Crippen molar-refractivity contribution in [2.75, 3.05) is 60.0 Å². The number of rotatable bonds is 9. The molecule has 0 radical (unpaired) electrons. The average Bonchev–Trinajstić information content (AvgIpc) is 2.70. The Labute approximate surface area is 164 Å². The lowest BCUT2D eigenvalue weighted by atomic mass is 9.96. The van der Waals surface area contributed by atoms with Gasteiger partial charge < -0.3 is 25.6 Å². The van der Waals surface area contributed by atoms with Crippen LogP contribution in [0.25, 0.3) is 0 Å². The fraction of sp³-hybridized carbons (Fsp3) is 0.900. The van der Waals surface area contributed by atoms with Gasteiger partial charge >= 0.3 is 0 Å². The molecule has 2 rings (SSSR count). The van der Waals surface area contributed by atoms with Gasteiger partial charge in [-0.2, -0.15) is 0 Å². The number of hydrogen-bond donors (Lipinski definition) is 2. The van der Waals surface area contributed by atoms with E-state index in [2.05, 4.69) is 27.2 Å². The van der Waals surface area contributed by atoms with Crippen molar-refractivity contribution in [1.82, 2.24) is 15.1 Å². The largest absolute Gasteiger partial charge is 0.381 e. The van der Waals surface area contributed by atoms with Crippen molar-refractivity contribution < 1.29 is 9.53 Å². The van der Waals surface area contributed by atoms with E-state index in [1.54, 1.807) is 0 Å². The van der Waals surface area contributed by atoms with Crippen molar-refractivity contribution in [2.45, 2.75) is 44.9 Å². The number of primary amides is 1. The number of aliphatic imine (C=N–C) groups is 1. The van der Waals surface area contributed by atoms with Gasteiger partial charge in [0.2, 0.25) is 5.91 Å². The molecule has 0 atom stereocenters. The van der Waals surface area contributed by atoms with Crippen LogP contribution in [0.4, 0.5) is 0 Å². The molecule has 0 aromatic rings. The van der Waals surface area contributed by atoms with Gasteiger partial charge in [0.05, 0.1) is 0 Å². The van der Waals surface area contributed by atoms with E-state index in [4.69, 9.17) is 10.5 Å². The molecule has 0 saturated carbocycles. The second-order valence-corrected chi connectivity index (χ2v) is 7.97. The molecule has 156 valence electrons. The first kappa shape index (κ1) is 22.0. The van der Waals surface area contributed by atoms with E-state index in [9.17, 15) is 4.79 Å². The van der Waals surface area contributed by atoms with E-state index in [-0.39, 0.29) is 11.8 Å². The molecular formula is C20H39N5O2. The van der Waals surface area contributed by atoms with Gasteiger partial charge in [0.25, 0.3) is 0 Å². The molecule has 27 heavy (non-hydrogen) atoms. The number of nitrogens with one attached hydrogen (secondary N) is 1. The van der Waals surface area contributed by atoms with Crippen LogP contribution in [0.5, 0.6) is 0 Å². The van der Waals surface area contributed by atoms with Crippen LogP contribution in [0.1, 0.15) is 44.9 Å². The summed E-state index contributed by atoms with van der Waals surface area (Å²) < 4.78 is 5.44. The fourth-order valence-electron chi connectivity index (χ4n) is 4.00. The molecule has 7 heteroatoms. The SMILES string of the molecule is CN=C(NCCCCN1CCC(C(N)=O)CC1)N(C)CCC1CCOCC1. The molecule has 2 fully saturated rings. The lowest BCUT2D eigenvalue weighted by Crippen LogP contribution is -2.41. The van der Waals surface area contributed by atoms with Gasteiger partial charge in [-0.3, -0.25) is 9.79 Å². The predicted molar refractivity (Wildman–Crippen MR) is 110 cm³/mol. The zero-order chi connectivity index (χ0) is 19.5. The standard InChI is InChI=1S/C20H39N5O2/c1-22-20(24(2)12-5-17-8-15-27-16-9-17)23-10-3-4-11-25-13-6-18(7-14-25)19(21)26/h17-18H,3-16H2,1-2H3,(H2,21,26)(H,22,23). The first-order valence-electron chi connectivity index (χ1n) is 10.6. The molecule has 0 spiro atoms. The van der Waals surface area contributed by atoms with Crippen LogP contribution >= 0.6 is 0 Å². The highest BCUT2D eigenvalue weighted by Gasteiger charge is 2.22. The summed E-state index contributed by atoms with van der Waals surface area (Å²) in [6.45, 7) is 6.93. The van der Waals surface area contributed by atoms with Crippen LogP contribution in [-0.2, 0) is 9.53 Å². The Bertz CT molecular complexity index is 457. The molecule has 2 saturated heterocycles. The molecule has 2 aliphatic rings. The molecule has 3 N–H and O–H groups in total. The number of piperidine rings is 1. The fourth-order valence-corrected chi connectivity index (χ4v) is 4.00. The van der Waals surface area contributed by atoms with E-state index >= 15 is 0 Å². The van der Waals surface area contributed by atoms with Gasteiger partial charge in [-0.25, -0.2) is 0 Å². The number of carbonyl (C=O) groups is 1. The summed E-state index contributed by atoms with van der Waals surface area (Å²) in [5.74, 6) is 1.73. The maximum absolute atomic E-state index is 11.2. The lowest BCUT2D eigenvalue weighted by Gasteiger charge is -2.30. The summed E-state index contributed by atoms with van der Waals surface area (Å²) in [7, 11) is 3.98. The molecule has 0 unspecified atom stereocenters. The minimum atomic E-state index is -0.133. The van der Waals surface area contributed by atoms with Crippen LogP contribution in [0.3, 0.4) is 0 Å². The van der Waals surface area contributed by atoms with Crippen molar-refractivity contribution in [2.24, 2.45) is 22.6 Å². The number of hydrogen-bond acceptors (Lipinski definition) is 4. The number of nitrogens with two attached hydrogens (primary N) is 1. The van der Waals surface area contributed by atoms with Gasteiger partial charge in [0, 0.05) is 46.3 Å². The van der Waals surface area contributed by atoms with Crippen LogP contribution in [0, 0.1) is 11.8 Å². The minimum Gasteiger partial charge on any atom is -0.381 e. The van der Waals surface area contributed by atoms with E-state index < -0.39 is 0 Å². The van der Waals surface area contributed by atoms with Crippen molar-refractivity contribution in [3.8, 4) is 0 Å². The quantitative estimate of drug-likeness (QED) is 0.357. The Kier molecular flexibility index (Phi) is 9.91. The number of unbranched alkanes of at least 4 members (excludes halogenated alkanes) is 1. The first-order valence-corrected chi connectivity index (χ1v) is 10.6. The zero-order valence-corrected chi connectivity index (χ0v) is 17.3. The summed E-state index contributed by atoms with van der Waals surface area (Å²) in [5.41, 5.74) is 5.40. The molecule has 0 aromatic carbocycles. The van der Waals surface area contributed by atoms with Crippen LogP contribution in [-0.4, -0.2) is 81.7 Å². The predicted octanol–water partition coefficient (Wildman–Crippen LogP) is 1.29. The van der Waals surface area contributed by atoms with Crippen LogP contribution in [0.15, 0.2) is 4.99 Å². The Morgan fingerprint density at radius 2 is 1.93 bits per heavy atom. The molecular weight excluding hydrogens is 342 g/mol. The third-order valence-corrected chi connectivity index (χ3v) is 5.96. The topological polar surface area (TPSA) is 83.2 Å². The van der Waals surface area contributed by atoms with E-state index in [0.29, 0.717) is 0 Å². The normalized spacial score (nSPS) is 20.6. The Balaban J connectivity index is 1.53. The van der Waals surface area contributed by atoms with Crippen LogP contribution < -0.4 is 11.1 Å². The van der Waals surface area contributed by atoms with E-state index in [0.717, 1.165) is 83.5 Å². The summed E-state index contributed by atoms with van der Waals surface area (Å²) in [6.07, 6.45) is 7.71. The van der Waals surface area contributed by atoms with E-state index in [1.165, 1.54) is 19.3 Å². The van der Waals surface area contributed by atoms with Gasteiger partial charge in [0.15, 0.2) is 5.96 Å². The molecule has 1 amide bonds. The van der Waals surface area contributed by atoms with Gasteiger partial charge in [0.1, 0.15) is 0 Å². The highest BCUT2D eigenvalue weighted by Crippen LogP contribution is 2.18. The average molecular weight is 382 g/mol. The lowest BCUT2D eigenvalue weighted by molar-refractivity contribution is -0.123. The molecule has 0 aliphatic carbocycles. The van der Waals surface area contributed by atoms with E-state index in [1.807, 2.05) is 7.05 Å². The molecule has 2 aliphatic heterocycles. The van der Waals surface area contributed by atoms with Gasteiger partial charge in [-0.05, 0) is 70.5 Å². The summed E-state index contributed by atoms with van der Waals surface area (Å²) >= 11 is 0. The monoisotopic (exact) mass is 381 g/mol. The Hall–Kier alpha value is -1.34. The molecule has 0 bridgehead atoms. The summed E-state index contributed by atoms with van der Waals surface area (Å²) in [4.78, 5) is 20.3. The maximum Gasteiger partial charge on any atom is 0.220 e. The Morgan fingerprint density at radius 3 is 2.56 bits per heavy atom. The number of ether oxygens (including phenoxy) is 1. The minimum absolute atomic E-state index is 0.0860. The third-order valence-electron chi connectivity index (χ3n) is 5.96. The zero-order valence-electron chi connectivity index (χ0n) is 17.3. The summed E-state index contributed by atoms with van der Waals surface area (Å²) in [6, 6.07) is 0. The molecule has 7 nitrogen and oxygen atoms in total. The van der Waals surface area contributed by atoms with Crippen molar-refractivity contribution >= 4 is 11.9 Å².